The number of pyridine rings is 1. The van der Waals surface area contributed by atoms with Crippen molar-refractivity contribution in [2.75, 3.05) is 25.4 Å². The van der Waals surface area contributed by atoms with E-state index >= 15 is 0 Å². The van der Waals surface area contributed by atoms with Crippen molar-refractivity contribution in [1.29, 1.82) is 0 Å². The monoisotopic (exact) mass is 464 g/mol. The Morgan fingerprint density at radius 2 is 1.94 bits per heavy atom. The normalized spacial score (nSPS) is 14.9. The summed E-state index contributed by atoms with van der Waals surface area (Å²) in [6.07, 6.45) is 3.33. The third kappa shape index (κ3) is 4.43. The van der Waals surface area contributed by atoms with Gasteiger partial charge in [0, 0.05) is 48.2 Å². The lowest BCUT2D eigenvalue weighted by Gasteiger charge is -2.34. The van der Waals surface area contributed by atoms with Crippen molar-refractivity contribution in [3.8, 4) is 10.4 Å². The van der Waals surface area contributed by atoms with Crippen LogP contribution in [0.2, 0.25) is 4.34 Å². The molecular formula is C23H21ClN6OS. The number of thiophene rings is 1. The first kappa shape index (κ1) is 20.8. The number of carbonyl (C=O) groups is 1. The van der Waals surface area contributed by atoms with Crippen LogP contribution in [-0.4, -0.2) is 50.3 Å². The van der Waals surface area contributed by atoms with E-state index in [1.54, 1.807) is 0 Å². The van der Waals surface area contributed by atoms with Gasteiger partial charge in [0.2, 0.25) is 5.91 Å². The fraction of sp³-hybridized carbons (Fsp3) is 0.217. The van der Waals surface area contributed by atoms with Crippen molar-refractivity contribution in [3.05, 3.63) is 70.6 Å². The molecule has 0 unspecified atom stereocenters. The van der Waals surface area contributed by atoms with E-state index in [2.05, 4.69) is 25.9 Å². The molecule has 5 rings (SSSR count). The van der Waals surface area contributed by atoms with Gasteiger partial charge in [-0.1, -0.05) is 23.7 Å². The largest absolute Gasteiger partial charge is 0.383 e. The minimum Gasteiger partial charge on any atom is -0.383 e. The second-order valence-electron chi connectivity index (χ2n) is 7.78. The lowest BCUT2D eigenvalue weighted by atomic mass is 10.1. The summed E-state index contributed by atoms with van der Waals surface area (Å²) in [4.78, 5) is 30.8. The summed E-state index contributed by atoms with van der Waals surface area (Å²) in [5.74, 6) is 0.579. The van der Waals surface area contributed by atoms with E-state index < -0.39 is 0 Å². The van der Waals surface area contributed by atoms with Gasteiger partial charge in [0.25, 0.3) is 0 Å². The molecular weight excluding hydrogens is 444 g/mol. The van der Waals surface area contributed by atoms with Gasteiger partial charge in [0.15, 0.2) is 0 Å². The Morgan fingerprint density at radius 3 is 2.69 bits per heavy atom. The number of nitrogens with two attached hydrogens (primary N) is 1. The van der Waals surface area contributed by atoms with Crippen LogP contribution in [0.15, 0.2) is 55.0 Å². The summed E-state index contributed by atoms with van der Waals surface area (Å²) in [5, 5.41) is 0.827. The summed E-state index contributed by atoms with van der Waals surface area (Å²) >= 11 is 7.56. The van der Waals surface area contributed by atoms with E-state index in [1.165, 1.54) is 17.7 Å². The topological polar surface area (TPSA) is 88.2 Å². The average Bonchev–Trinajstić information content (AvgIpc) is 3.23. The number of halogens is 1. The number of hydrogen-bond donors (Lipinski definition) is 1. The number of piperazine rings is 1. The molecule has 0 spiro atoms. The second-order valence-corrected chi connectivity index (χ2v) is 9.49. The van der Waals surface area contributed by atoms with Crippen LogP contribution >= 0.6 is 22.9 Å². The minimum absolute atomic E-state index is 0.114. The van der Waals surface area contributed by atoms with E-state index in [4.69, 9.17) is 17.3 Å². The number of nitrogens with zero attached hydrogens (tertiary/aromatic N) is 5. The maximum absolute atomic E-state index is 12.8. The summed E-state index contributed by atoms with van der Waals surface area (Å²) in [7, 11) is 0. The third-order valence-electron chi connectivity index (χ3n) is 5.57. The highest BCUT2D eigenvalue weighted by Gasteiger charge is 2.24. The number of amides is 1. The molecule has 1 saturated heterocycles. The van der Waals surface area contributed by atoms with Crippen molar-refractivity contribution in [3.63, 3.8) is 0 Å². The first-order valence-electron chi connectivity index (χ1n) is 10.2. The SMILES string of the molecule is Nc1ncnc2cc(CN3CCN(Cc4ccc(-c5ccc(Cl)s5)cn4)CC3=O)ccc12. The Morgan fingerprint density at radius 1 is 1.03 bits per heavy atom. The van der Waals surface area contributed by atoms with Gasteiger partial charge in [-0.05, 0) is 35.9 Å². The maximum Gasteiger partial charge on any atom is 0.237 e. The van der Waals surface area contributed by atoms with E-state index in [1.807, 2.05) is 47.5 Å². The van der Waals surface area contributed by atoms with Crippen LogP contribution in [0.1, 0.15) is 11.3 Å². The van der Waals surface area contributed by atoms with E-state index in [9.17, 15) is 4.79 Å². The molecule has 1 amide bonds. The van der Waals surface area contributed by atoms with E-state index in [0.717, 1.165) is 43.5 Å². The van der Waals surface area contributed by atoms with Crippen LogP contribution in [0.5, 0.6) is 0 Å². The highest BCUT2D eigenvalue weighted by molar-refractivity contribution is 7.19. The van der Waals surface area contributed by atoms with Crippen LogP contribution in [0.3, 0.4) is 0 Å². The van der Waals surface area contributed by atoms with Crippen molar-refractivity contribution >= 4 is 45.6 Å². The third-order valence-corrected chi connectivity index (χ3v) is 6.85. The molecule has 32 heavy (non-hydrogen) atoms. The Hall–Kier alpha value is -3.07. The van der Waals surface area contributed by atoms with Crippen LogP contribution in [0.4, 0.5) is 5.82 Å². The molecule has 1 aromatic carbocycles. The molecule has 1 aliphatic heterocycles. The number of rotatable bonds is 5. The highest BCUT2D eigenvalue weighted by Crippen LogP contribution is 2.30. The van der Waals surface area contributed by atoms with Gasteiger partial charge in [-0.2, -0.15) is 0 Å². The van der Waals surface area contributed by atoms with Gasteiger partial charge in [0.05, 0.1) is 22.1 Å². The molecule has 3 aromatic heterocycles. The summed E-state index contributed by atoms with van der Waals surface area (Å²) in [6.45, 7) is 3.07. The predicted molar refractivity (Wildman–Crippen MR) is 127 cm³/mol. The Kier molecular flexibility index (Phi) is 5.73. The molecule has 1 aliphatic rings. The van der Waals surface area contributed by atoms with Gasteiger partial charge >= 0.3 is 0 Å². The predicted octanol–water partition coefficient (Wildman–Crippen LogP) is 3.83. The molecule has 0 aliphatic carbocycles. The smallest absolute Gasteiger partial charge is 0.237 e. The van der Waals surface area contributed by atoms with Gasteiger partial charge in [0.1, 0.15) is 12.1 Å². The number of aromatic nitrogens is 3. The number of carbonyl (C=O) groups excluding carboxylic acids is 1. The van der Waals surface area contributed by atoms with Crippen LogP contribution in [-0.2, 0) is 17.9 Å². The molecule has 162 valence electrons. The number of hydrogen-bond acceptors (Lipinski definition) is 7. The second kappa shape index (κ2) is 8.82. The molecule has 7 nitrogen and oxygen atoms in total. The van der Waals surface area contributed by atoms with E-state index in [-0.39, 0.29) is 5.91 Å². The number of fused-ring (bicyclic) bond motifs is 1. The van der Waals surface area contributed by atoms with Gasteiger partial charge in [-0.3, -0.25) is 14.7 Å². The molecule has 0 bridgehead atoms. The minimum atomic E-state index is 0.114. The first-order chi connectivity index (χ1) is 15.5. The van der Waals surface area contributed by atoms with Crippen LogP contribution < -0.4 is 5.73 Å². The fourth-order valence-corrected chi connectivity index (χ4v) is 4.90. The average molecular weight is 465 g/mol. The molecule has 4 heterocycles. The molecule has 2 N–H and O–H groups in total. The standard InChI is InChI=1S/C23H21ClN6OS/c24-21-6-5-20(32-21)16-2-3-17(26-10-16)12-29-7-8-30(22(31)13-29)11-15-1-4-18-19(9-15)27-14-28-23(18)25/h1-6,9-10,14H,7-8,11-13H2,(H2,25,27,28). The van der Waals surface area contributed by atoms with Gasteiger partial charge in [-0.15, -0.1) is 11.3 Å². The van der Waals surface area contributed by atoms with Crippen molar-refractivity contribution in [2.24, 2.45) is 0 Å². The lowest BCUT2D eigenvalue weighted by molar-refractivity contribution is -0.136. The van der Waals surface area contributed by atoms with Crippen LogP contribution in [0.25, 0.3) is 21.3 Å². The quantitative estimate of drug-likeness (QED) is 0.483. The zero-order valence-corrected chi connectivity index (χ0v) is 18.8. The zero-order valence-electron chi connectivity index (χ0n) is 17.2. The number of nitrogen functional groups attached to an aromatic ring is 1. The highest BCUT2D eigenvalue weighted by atomic mass is 35.5. The Balaban J connectivity index is 1.19. The molecule has 0 atom stereocenters. The molecule has 1 fully saturated rings. The van der Waals surface area contributed by atoms with Crippen LogP contribution in [0, 0.1) is 0 Å². The Bertz CT molecular complexity index is 1280. The van der Waals surface area contributed by atoms with Crippen molar-refractivity contribution < 1.29 is 4.79 Å². The number of anilines is 1. The van der Waals surface area contributed by atoms with Gasteiger partial charge in [-0.25, -0.2) is 9.97 Å². The van der Waals surface area contributed by atoms with E-state index in [0.29, 0.717) is 32.0 Å². The summed E-state index contributed by atoms with van der Waals surface area (Å²) in [5.41, 5.74) is 9.72. The van der Waals surface area contributed by atoms with Crippen molar-refractivity contribution in [1.82, 2.24) is 24.8 Å². The maximum atomic E-state index is 12.8. The molecule has 4 aromatic rings. The van der Waals surface area contributed by atoms with Gasteiger partial charge < -0.3 is 10.6 Å². The Labute approximate surface area is 194 Å². The van der Waals surface area contributed by atoms with Crippen molar-refractivity contribution in [2.45, 2.75) is 13.1 Å². The molecule has 0 saturated carbocycles. The fourth-order valence-electron chi connectivity index (χ4n) is 3.86. The lowest BCUT2D eigenvalue weighted by Crippen LogP contribution is -2.49. The summed E-state index contributed by atoms with van der Waals surface area (Å²) < 4.78 is 0.765. The molecule has 9 heteroatoms. The number of benzene rings is 1. The summed E-state index contributed by atoms with van der Waals surface area (Å²) in [6, 6.07) is 13.8. The molecule has 0 radical (unpaired) electrons. The first-order valence-corrected chi connectivity index (χ1v) is 11.4. The zero-order chi connectivity index (χ0) is 22.1.